The molecule has 3 heterocycles. The largest absolute Gasteiger partial charge is 0.335 e. The van der Waals surface area contributed by atoms with Gasteiger partial charge in [0.25, 0.3) is 5.91 Å². The van der Waals surface area contributed by atoms with Crippen molar-refractivity contribution in [2.75, 3.05) is 26.2 Å². The Bertz CT molecular complexity index is 1250. The maximum Gasteiger partial charge on any atom is 0.270 e. The molecule has 1 aliphatic heterocycles. The van der Waals surface area contributed by atoms with E-state index in [2.05, 4.69) is 36.1 Å². The van der Waals surface area contributed by atoms with E-state index in [0.717, 1.165) is 35.4 Å². The zero-order valence-electron chi connectivity index (χ0n) is 18.1. The molecular formula is C26H26FN3OS. The Hall–Kier alpha value is -2.96. The standard InChI is InChI=1S/C26H26FN3OS/c1-19-5-2-3-7-21(19)18-28-10-12-29(13-11-28)26(31)24-16-25-23(9-14-32-25)30(24)17-20-6-4-8-22(27)15-20/h2-9,14-16H,10-13,17-18H2,1H3. The van der Waals surface area contributed by atoms with Crippen LogP contribution >= 0.6 is 11.3 Å². The average molecular weight is 448 g/mol. The van der Waals surface area contributed by atoms with E-state index in [0.29, 0.717) is 25.3 Å². The zero-order valence-corrected chi connectivity index (χ0v) is 18.9. The normalized spacial score (nSPS) is 14.9. The molecule has 0 spiro atoms. The van der Waals surface area contributed by atoms with E-state index in [1.54, 1.807) is 17.4 Å². The Morgan fingerprint density at radius 3 is 2.56 bits per heavy atom. The molecule has 2 aromatic carbocycles. The van der Waals surface area contributed by atoms with Crippen LogP contribution in [0.25, 0.3) is 10.2 Å². The van der Waals surface area contributed by atoms with Crippen molar-refractivity contribution < 1.29 is 9.18 Å². The number of carbonyl (C=O) groups excluding carboxylic acids is 1. The van der Waals surface area contributed by atoms with Crippen molar-refractivity contribution in [3.05, 3.63) is 94.2 Å². The van der Waals surface area contributed by atoms with Crippen LogP contribution in [-0.2, 0) is 13.1 Å². The molecule has 164 valence electrons. The minimum Gasteiger partial charge on any atom is -0.335 e. The van der Waals surface area contributed by atoms with Crippen LogP contribution in [0.5, 0.6) is 0 Å². The van der Waals surface area contributed by atoms with Gasteiger partial charge < -0.3 is 9.47 Å². The van der Waals surface area contributed by atoms with Gasteiger partial charge in [-0.1, -0.05) is 36.4 Å². The maximum atomic E-state index is 13.7. The van der Waals surface area contributed by atoms with Gasteiger partial charge in [-0.05, 0) is 53.3 Å². The Morgan fingerprint density at radius 2 is 1.78 bits per heavy atom. The molecule has 0 saturated carbocycles. The number of carbonyl (C=O) groups is 1. The topological polar surface area (TPSA) is 28.5 Å². The molecule has 0 bridgehead atoms. The number of hydrogen-bond acceptors (Lipinski definition) is 3. The second-order valence-electron chi connectivity index (χ2n) is 8.41. The monoisotopic (exact) mass is 447 g/mol. The van der Waals surface area contributed by atoms with Crippen LogP contribution in [0, 0.1) is 12.7 Å². The Balaban J connectivity index is 1.32. The molecule has 0 aliphatic carbocycles. The van der Waals surface area contributed by atoms with Crippen molar-refractivity contribution in [2.45, 2.75) is 20.0 Å². The van der Waals surface area contributed by atoms with Crippen LogP contribution < -0.4 is 0 Å². The smallest absolute Gasteiger partial charge is 0.270 e. The molecule has 0 atom stereocenters. The number of piperazine rings is 1. The van der Waals surface area contributed by atoms with Crippen LogP contribution in [0.4, 0.5) is 4.39 Å². The highest BCUT2D eigenvalue weighted by atomic mass is 32.1. The highest BCUT2D eigenvalue weighted by Crippen LogP contribution is 2.27. The summed E-state index contributed by atoms with van der Waals surface area (Å²) in [6.45, 7) is 6.69. The summed E-state index contributed by atoms with van der Waals surface area (Å²) in [5, 5.41) is 2.03. The molecule has 0 radical (unpaired) electrons. The quantitative estimate of drug-likeness (QED) is 0.423. The molecule has 6 heteroatoms. The molecule has 4 aromatic rings. The number of hydrogen-bond donors (Lipinski definition) is 0. The number of benzene rings is 2. The highest BCUT2D eigenvalue weighted by Gasteiger charge is 2.26. The van der Waals surface area contributed by atoms with Gasteiger partial charge in [-0.2, -0.15) is 0 Å². The number of thiophene rings is 1. The summed E-state index contributed by atoms with van der Waals surface area (Å²) in [4.78, 5) is 17.8. The van der Waals surface area contributed by atoms with Gasteiger partial charge in [0, 0.05) is 39.3 Å². The van der Waals surface area contributed by atoms with E-state index in [4.69, 9.17) is 0 Å². The number of nitrogens with zero attached hydrogens (tertiary/aromatic N) is 3. The molecule has 5 rings (SSSR count). The van der Waals surface area contributed by atoms with Crippen LogP contribution in [-0.4, -0.2) is 46.5 Å². The first kappa shape index (κ1) is 20.9. The van der Waals surface area contributed by atoms with Crippen LogP contribution in [0.2, 0.25) is 0 Å². The molecule has 0 N–H and O–H groups in total. The van der Waals surface area contributed by atoms with Crippen molar-refractivity contribution in [1.29, 1.82) is 0 Å². The lowest BCUT2D eigenvalue weighted by Crippen LogP contribution is -2.48. The van der Waals surface area contributed by atoms with Gasteiger partial charge in [0.15, 0.2) is 0 Å². The summed E-state index contributed by atoms with van der Waals surface area (Å²) >= 11 is 1.63. The van der Waals surface area contributed by atoms with E-state index in [-0.39, 0.29) is 11.7 Å². The van der Waals surface area contributed by atoms with E-state index >= 15 is 0 Å². The Morgan fingerprint density at radius 1 is 0.969 bits per heavy atom. The highest BCUT2D eigenvalue weighted by molar-refractivity contribution is 7.17. The van der Waals surface area contributed by atoms with Gasteiger partial charge in [0.1, 0.15) is 11.5 Å². The van der Waals surface area contributed by atoms with Crippen molar-refractivity contribution in [1.82, 2.24) is 14.4 Å². The molecule has 1 aliphatic rings. The van der Waals surface area contributed by atoms with E-state index in [1.165, 1.54) is 23.3 Å². The van der Waals surface area contributed by atoms with Crippen LogP contribution in [0.3, 0.4) is 0 Å². The Labute approximate surface area is 191 Å². The van der Waals surface area contributed by atoms with Crippen molar-refractivity contribution in [2.24, 2.45) is 0 Å². The van der Waals surface area contributed by atoms with Crippen LogP contribution in [0.15, 0.2) is 66.0 Å². The summed E-state index contributed by atoms with van der Waals surface area (Å²) in [6.07, 6.45) is 0. The molecular weight excluding hydrogens is 421 g/mol. The second-order valence-corrected chi connectivity index (χ2v) is 9.36. The third-order valence-corrected chi connectivity index (χ3v) is 7.14. The fraction of sp³-hybridized carbons (Fsp3) is 0.269. The first-order valence-corrected chi connectivity index (χ1v) is 11.8. The lowest BCUT2D eigenvalue weighted by atomic mass is 10.1. The van der Waals surface area contributed by atoms with E-state index < -0.39 is 0 Å². The third-order valence-electron chi connectivity index (χ3n) is 6.29. The molecule has 1 fully saturated rings. The predicted octanol–water partition coefficient (Wildman–Crippen LogP) is 5.16. The molecule has 32 heavy (non-hydrogen) atoms. The van der Waals surface area contributed by atoms with Gasteiger partial charge >= 0.3 is 0 Å². The molecule has 2 aromatic heterocycles. The van der Waals surface area contributed by atoms with Crippen molar-refractivity contribution in [3.63, 3.8) is 0 Å². The van der Waals surface area contributed by atoms with Gasteiger partial charge in [0.2, 0.25) is 0 Å². The van der Waals surface area contributed by atoms with Gasteiger partial charge in [-0.25, -0.2) is 4.39 Å². The number of amides is 1. The average Bonchev–Trinajstić information content (AvgIpc) is 3.38. The fourth-order valence-electron chi connectivity index (χ4n) is 4.44. The lowest BCUT2D eigenvalue weighted by molar-refractivity contribution is 0.0618. The summed E-state index contributed by atoms with van der Waals surface area (Å²) in [5.41, 5.74) is 5.22. The number of fused-ring (bicyclic) bond motifs is 1. The summed E-state index contributed by atoms with van der Waals surface area (Å²) < 4.78 is 16.8. The SMILES string of the molecule is Cc1ccccc1CN1CCN(C(=O)c2cc3sccc3n2Cc2cccc(F)c2)CC1. The molecule has 0 unspecified atom stereocenters. The van der Waals surface area contributed by atoms with Gasteiger partial charge in [0.05, 0.1) is 10.2 Å². The van der Waals surface area contributed by atoms with Gasteiger partial charge in [-0.15, -0.1) is 11.3 Å². The van der Waals surface area contributed by atoms with Crippen molar-refractivity contribution in [3.8, 4) is 0 Å². The first-order chi connectivity index (χ1) is 15.6. The van der Waals surface area contributed by atoms with E-state index in [1.807, 2.05) is 33.0 Å². The minimum atomic E-state index is -0.256. The van der Waals surface area contributed by atoms with Crippen molar-refractivity contribution >= 4 is 27.5 Å². The number of aromatic nitrogens is 1. The number of rotatable bonds is 5. The van der Waals surface area contributed by atoms with E-state index in [9.17, 15) is 9.18 Å². The number of halogens is 1. The van der Waals surface area contributed by atoms with Gasteiger partial charge in [-0.3, -0.25) is 9.69 Å². The first-order valence-electron chi connectivity index (χ1n) is 11.0. The summed E-state index contributed by atoms with van der Waals surface area (Å²) in [5.74, 6) is -0.200. The maximum absolute atomic E-state index is 13.7. The summed E-state index contributed by atoms with van der Waals surface area (Å²) in [6, 6.07) is 19.1. The lowest BCUT2D eigenvalue weighted by Gasteiger charge is -2.35. The molecule has 1 amide bonds. The molecule has 1 saturated heterocycles. The predicted molar refractivity (Wildman–Crippen MR) is 128 cm³/mol. The summed E-state index contributed by atoms with van der Waals surface area (Å²) in [7, 11) is 0. The zero-order chi connectivity index (χ0) is 22.1. The second kappa shape index (κ2) is 8.88. The minimum absolute atomic E-state index is 0.0559. The molecule has 4 nitrogen and oxygen atoms in total. The third kappa shape index (κ3) is 4.20. The fourth-order valence-corrected chi connectivity index (χ4v) is 5.26. The number of aryl methyl sites for hydroxylation is 1. The van der Waals surface area contributed by atoms with Crippen LogP contribution in [0.1, 0.15) is 27.2 Å². The Kier molecular flexibility index (Phi) is 5.81.